The van der Waals surface area contributed by atoms with E-state index in [9.17, 15) is 18.3 Å². The standard InChI is InChI=1S/C32H43N3O4S2.H3N/c1-32(2,3)25-8-9-28-23(17-25)16-24-20-30(40-31(24)33-28)29(37)19-22(10-13-35-14-11-27(36)12-15-35)21-6-5-7-26(18-21)34-41(4,38)39;/h5-7,16,18,20,22,25,27,34,36H,8-15,17,19H2,1-4H3;1H3/p+1/t22-,25-;/m0./s1. The molecule has 0 amide bonds. The minimum atomic E-state index is -3.41. The number of nitrogens with zero attached hydrogens (tertiary/aromatic N) is 2. The maximum absolute atomic E-state index is 13.7. The zero-order valence-corrected chi connectivity index (χ0v) is 27.3. The van der Waals surface area contributed by atoms with Crippen LogP contribution < -0.4 is 10.9 Å². The van der Waals surface area contributed by atoms with Gasteiger partial charge in [-0.3, -0.25) is 9.52 Å². The Morgan fingerprint density at radius 2 is 1.90 bits per heavy atom. The summed E-state index contributed by atoms with van der Waals surface area (Å²) in [4.78, 5) is 22.7. The molecule has 1 saturated heterocycles. The molecule has 1 aliphatic heterocycles. The van der Waals surface area contributed by atoms with Crippen LogP contribution in [0.5, 0.6) is 0 Å². The predicted molar refractivity (Wildman–Crippen MR) is 173 cm³/mol. The number of fused-ring (bicyclic) bond motifs is 2. The highest BCUT2D eigenvalue weighted by Crippen LogP contribution is 2.39. The third-order valence-electron chi connectivity index (χ3n) is 8.82. The first kappa shape index (κ1) is 32.5. The fraction of sp³-hybridized carbons (Fsp3) is 0.562. The number of aliphatic hydroxyl groups is 1. The molecule has 2 aromatic heterocycles. The molecule has 0 radical (unpaired) electrons. The number of aromatic nitrogens is 1. The maximum Gasteiger partial charge on any atom is 0.229 e. The molecule has 10 heteroatoms. The molecule has 3 heterocycles. The quantitative estimate of drug-likeness (QED) is 0.238. The summed E-state index contributed by atoms with van der Waals surface area (Å²) in [6.45, 7) is 9.46. The van der Waals surface area contributed by atoms with Crippen molar-refractivity contribution in [2.45, 2.75) is 77.7 Å². The monoisotopic (exact) mass is 615 g/mol. The Hall–Kier alpha value is -2.37. The summed E-state index contributed by atoms with van der Waals surface area (Å²) >= 11 is 1.49. The number of quaternary nitrogens is 1. The van der Waals surface area contributed by atoms with E-state index in [0.717, 1.165) is 85.1 Å². The lowest BCUT2D eigenvalue weighted by molar-refractivity contribution is 0.0805. The minimum absolute atomic E-state index is 0. The smallest absolute Gasteiger partial charge is 0.229 e. The number of carbonyl (C=O) groups excluding carboxylic acids is 1. The average Bonchev–Trinajstić information content (AvgIpc) is 3.32. The molecule has 0 unspecified atom stereocenters. The second kappa shape index (κ2) is 13.1. The van der Waals surface area contributed by atoms with Crippen molar-refractivity contribution < 1.29 is 18.3 Å². The van der Waals surface area contributed by atoms with Gasteiger partial charge in [0.1, 0.15) is 4.83 Å². The molecule has 0 spiro atoms. The van der Waals surface area contributed by atoms with Crippen molar-refractivity contribution in [2.75, 3.05) is 30.6 Å². The molecule has 6 N–H and O–H groups in total. The zero-order valence-electron chi connectivity index (χ0n) is 25.7. The summed E-state index contributed by atoms with van der Waals surface area (Å²) in [7, 11) is -3.41. The van der Waals surface area contributed by atoms with Gasteiger partial charge in [0.05, 0.1) is 17.2 Å². The fourth-order valence-electron chi connectivity index (χ4n) is 6.26. The van der Waals surface area contributed by atoms with Crippen molar-refractivity contribution in [2.24, 2.45) is 11.3 Å². The molecule has 1 aromatic carbocycles. The molecular formula is C32H47N4O4S2+. The number of piperidine rings is 1. The Kier molecular flexibility index (Phi) is 10.1. The van der Waals surface area contributed by atoms with E-state index in [0.29, 0.717) is 18.0 Å². The van der Waals surface area contributed by atoms with Crippen LogP contribution in [0, 0.1) is 11.3 Å². The summed E-state index contributed by atoms with van der Waals surface area (Å²) in [5, 5.41) is 10.9. The van der Waals surface area contributed by atoms with Gasteiger partial charge < -0.3 is 16.2 Å². The zero-order chi connectivity index (χ0) is 29.4. The Balaban J connectivity index is 0.00000405. The molecule has 2 aliphatic rings. The number of Topliss-reactive ketones (excluding diaryl/α,β-unsaturated/α-hetero) is 1. The number of aryl methyl sites for hydroxylation is 1. The number of nitrogens with one attached hydrogen (secondary N) is 1. The molecular weight excluding hydrogens is 569 g/mol. The number of likely N-dealkylation sites (tertiary alicyclic amines) is 1. The van der Waals surface area contributed by atoms with E-state index >= 15 is 0 Å². The number of hydrogen-bond donors (Lipinski definition) is 3. The van der Waals surface area contributed by atoms with Gasteiger partial charge in [0, 0.05) is 36.3 Å². The van der Waals surface area contributed by atoms with Crippen molar-refractivity contribution in [1.29, 1.82) is 0 Å². The van der Waals surface area contributed by atoms with Gasteiger partial charge in [0.15, 0.2) is 5.78 Å². The molecule has 1 fully saturated rings. The number of aliphatic hydroxyl groups excluding tert-OH is 1. The largest absolute Gasteiger partial charge is 0.393 e. The van der Waals surface area contributed by atoms with Gasteiger partial charge in [0.2, 0.25) is 10.0 Å². The van der Waals surface area contributed by atoms with Crippen LogP contribution in [0.2, 0.25) is 0 Å². The number of rotatable bonds is 9. The van der Waals surface area contributed by atoms with Crippen LogP contribution in [0.25, 0.3) is 10.2 Å². The van der Waals surface area contributed by atoms with E-state index < -0.39 is 10.0 Å². The normalized spacial score (nSPS) is 19.2. The number of carbonyl (C=O) groups is 1. The van der Waals surface area contributed by atoms with Crippen LogP contribution in [0.15, 0.2) is 36.4 Å². The third kappa shape index (κ3) is 8.17. The Morgan fingerprint density at radius 1 is 1.17 bits per heavy atom. The second-order valence-electron chi connectivity index (χ2n) is 13.1. The topological polar surface area (TPSA) is 136 Å². The second-order valence-corrected chi connectivity index (χ2v) is 15.9. The van der Waals surface area contributed by atoms with E-state index in [4.69, 9.17) is 4.98 Å². The van der Waals surface area contributed by atoms with Crippen LogP contribution in [-0.4, -0.2) is 61.2 Å². The van der Waals surface area contributed by atoms with E-state index in [1.165, 1.54) is 22.6 Å². The van der Waals surface area contributed by atoms with Gasteiger partial charge in [-0.25, -0.2) is 13.4 Å². The molecule has 3 aromatic rings. The van der Waals surface area contributed by atoms with Crippen LogP contribution in [0.4, 0.5) is 5.69 Å². The lowest BCUT2D eigenvalue weighted by Gasteiger charge is -2.34. The highest BCUT2D eigenvalue weighted by Gasteiger charge is 2.30. The van der Waals surface area contributed by atoms with Crippen LogP contribution in [0.1, 0.15) is 85.3 Å². The average molecular weight is 616 g/mol. The number of pyridine rings is 1. The van der Waals surface area contributed by atoms with E-state index in [1.807, 2.05) is 24.3 Å². The molecule has 5 rings (SSSR count). The molecule has 8 nitrogen and oxygen atoms in total. The molecule has 230 valence electrons. The van der Waals surface area contributed by atoms with Gasteiger partial charge in [-0.1, -0.05) is 32.9 Å². The molecule has 1 aliphatic carbocycles. The molecule has 0 bridgehead atoms. The summed E-state index contributed by atoms with van der Waals surface area (Å²) in [5.41, 5.74) is 4.22. The summed E-state index contributed by atoms with van der Waals surface area (Å²) in [6.07, 6.45) is 6.75. The lowest BCUT2D eigenvalue weighted by atomic mass is 9.71. The number of anilines is 1. The maximum atomic E-state index is 13.7. The predicted octanol–water partition coefficient (Wildman–Crippen LogP) is 6.40. The van der Waals surface area contributed by atoms with Crippen molar-refractivity contribution in [3.8, 4) is 0 Å². The van der Waals surface area contributed by atoms with E-state index in [1.54, 1.807) is 6.07 Å². The van der Waals surface area contributed by atoms with Crippen molar-refractivity contribution in [3.63, 3.8) is 0 Å². The number of thiophene rings is 1. The summed E-state index contributed by atoms with van der Waals surface area (Å²) < 4.78 is 26.3. The summed E-state index contributed by atoms with van der Waals surface area (Å²) in [6, 6.07) is 11.7. The van der Waals surface area contributed by atoms with Crippen LogP contribution in [0.3, 0.4) is 0 Å². The highest BCUT2D eigenvalue weighted by molar-refractivity contribution is 7.92. The third-order valence-corrected chi connectivity index (χ3v) is 10.5. The van der Waals surface area contributed by atoms with Gasteiger partial charge in [-0.05, 0) is 97.7 Å². The molecule has 2 atom stereocenters. The van der Waals surface area contributed by atoms with E-state index in [2.05, 4.69) is 36.5 Å². The number of sulfonamides is 1. The molecule has 42 heavy (non-hydrogen) atoms. The first-order chi connectivity index (χ1) is 19.3. The lowest BCUT2D eigenvalue weighted by Crippen LogP contribution is -2.36. The van der Waals surface area contributed by atoms with Crippen LogP contribution in [-0.2, 0) is 22.9 Å². The van der Waals surface area contributed by atoms with Crippen molar-refractivity contribution in [3.05, 3.63) is 58.1 Å². The van der Waals surface area contributed by atoms with Gasteiger partial charge in [0.25, 0.3) is 0 Å². The summed E-state index contributed by atoms with van der Waals surface area (Å²) in [5.74, 6) is 0.666. The van der Waals surface area contributed by atoms with Gasteiger partial charge >= 0.3 is 0 Å². The number of ketones is 1. The number of benzene rings is 1. The first-order valence-electron chi connectivity index (χ1n) is 14.8. The Labute approximate surface area is 254 Å². The Morgan fingerprint density at radius 3 is 2.60 bits per heavy atom. The Bertz CT molecular complexity index is 1500. The SMILES string of the molecule is CC(C)(C)[C@H]1CCc2nc3sc(C(=O)C[C@H](CCN4CCC(O)CC4)c4cccc(NS(C)(=O)=O)c4)cc3cc2C1.[NH4+]. The van der Waals surface area contributed by atoms with Gasteiger partial charge in [-0.2, -0.15) is 0 Å². The highest BCUT2D eigenvalue weighted by atomic mass is 32.2. The van der Waals surface area contributed by atoms with Crippen LogP contribution >= 0.6 is 11.3 Å². The number of hydrogen-bond acceptors (Lipinski definition) is 7. The first-order valence-corrected chi connectivity index (χ1v) is 17.5. The van der Waals surface area contributed by atoms with Gasteiger partial charge in [-0.15, -0.1) is 11.3 Å². The van der Waals surface area contributed by atoms with Crippen molar-refractivity contribution >= 4 is 43.0 Å². The fourth-order valence-corrected chi connectivity index (χ4v) is 7.80. The minimum Gasteiger partial charge on any atom is -0.393 e. The van der Waals surface area contributed by atoms with Crippen molar-refractivity contribution in [1.82, 2.24) is 16.0 Å². The van der Waals surface area contributed by atoms with E-state index in [-0.39, 0.29) is 29.4 Å². The molecule has 0 saturated carbocycles.